The summed E-state index contributed by atoms with van der Waals surface area (Å²) in [6, 6.07) is 4.87. The molecule has 0 saturated heterocycles. The van der Waals surface area contributed by atoms with E-state index in [0.29, 0.717) is 12.3 Å². The summed E-state index contributed by atoms with van der Waals surface area (Å²) in [6.07, 6.45) is 7.59. The smallest absolute Gasteiger partial charge is 0.273 e. The molecule has 0 fully saturated rings. The van der Waals surface area contributed by atoms with Gasteiger partial charge in [0.2, 0.25) is 0 Å². The van der Waals surface area contributed by atoms with Crippen LogP contribution in [0, 0.1) is 10.1 Å². The van der Waals surface area contributed by atoms with Crippen LogP contribution in [-0.2, 0) is 6.54 Å². The first-order chi connectivity index (χ1) is 10.2. The fraction of sp³-hybridized carbons (Fsp3) is 0.625. The zero-order valence-electron chi connectivity index (χ0n) is 13.1. The first-order valence-corrected chi connectivity index (χ1v) is 7.70. The molecule has 0 bridgehead atoms. The number of nitrogens with one attached hydrogen (secondary N) is 1. The van der Waals surface area contributed by atoms with Gasteiger partial charge in [-0.15, -0.1) is 0 Å². The molecule has 1 aromatic carbocycles. The quantitative estimate of drug-likeness (QED) is 0.380. The number of unbranched alkanes of at least 4 members (excludes halogenated alkanes) is 5. The molecule has 0 aliphatic rings. The number of hydrogen-bond donors (Lipinski definition) is 1. The van der Waals surface area contributed by atoms with Gasteiger partial charge in [-0.25, -0.2) is 0 Å². The number of non-ortho nitro benzene ring substituents is 1. The number of benzene rings is 1. The van der Waals surface area contributed by atoms with Crippen molar-refractivity contribution in [2.24, 2.45) is 0 Å². The Kier molecular flexibility index (Phi) is 8.43. The van der Waals surface area contributed by atoms with Crippen molar-refractivity contribution in [1.82, 2.24) is 5.32 Å². The Morgan fingerprint density at radius 3 is 2.52 bits per heavy atom. The van der Waals surface area contributed by atoms with E-state index in [1.165, 1.54) is 45.3 Å². The van der Waals surface area contributed by atoms with Crippen molar-refractivity contribution in [3.63, 3.8) is 0 Å². The molecule has 5 nitrogen and oxygen atoms in total. The van der Waals surface area contributed by atoms with Crippen LogP contribution in [-0.4, -0.2) is 18.6 Å². The third-order valence-electron chi connectivity index (χ3n) is 3.43. The zero-order chi connectivity index (χ0) is 15.5. The summed E-state index contributed by atoms with van der Waals surface area (Å²) in [4.78, 5) is 10.5. The molecule has 0 atom stereocenters. The van der Waals surface area contributed by atoms with E-state index in [0.717, 1.165) is 18.5 Å². The summed E-state index contributed by atoms with van der Waals surface area (Å²) < 4.78 is 5.10. The standard InChI is InChI=1S/C16H26N2O3/c1-3-4-5-6-7-8-9-17-13-14-10-15(18(19)20)12-16(11-14)21-2/h10-12,17H,3-9,13H2,1-2H3. The van der Waals surface area contributed by atoms with Crippen molar-refractivity contribution in [2.45, 2.75) is 52.0 Å². The molecule has 0 radical (unpaired) electrons. The van der Waals surface area contributed by atoms with Crippen molar-refractivity contribution < 1.29 is 9.66 Å². The summed E-state index contributed by atoms with van der Waals surface area (Å²) in [5.41, 5.74) is 0.956. The van der Waals surface area contributed by atoms with Gasteiger partial charge in [0, 0.05) is 12.6 Å². The SMILES string of the molecule is CCCCCCCCNCc1cc(OC)cc([N+](=O)[O-])c1. The molecule has 0 heterocycles. The van der Waals surface area contributed by atoms with Crippen molar-refractivity contribution >= 4 is 5.69 Å². The van der Waals surface area contributed by atoms with Crippen molar-refractivity contribution in [3.8, 4) is 5.75 Å². The number of methoxy groups -OCH3 is 1. The van der Waals surface area contributed by atoms with E-state index in [4.69, 9.17) is 4.74 Å². The molecule has 5 heteroatoms. The van der Waals surface area contributed by atoms with Crippen molar-refractivity contribution in [3.05, 3.63) is 33.9 Å². The van der Waals surface area contributed by atoms with Gasteiger partial charge >= 0.3 is 0 Å². The van der Waals surface area contributed by atoms with Gasteiger partial charge < -0.3 is 10.1 Å². The van der Waals surface area contributed by atoms with Crippen LogP contribution in [0.2, 0.25) is 0 Å². The van der Waals surface area contributed by atoms with Crippen LogP contribution in [0.25, 0.3) is 0 Å². The van der Waals surface area contributed by atoms with Gasteiger partial charge in [0.25, 0.3) is 5.69 Å². The summed E-state index contributed by atoms with van der Waals surface area (Å²) in [5, 5.41) is 14.2. The molecule has 0 aliphatic heterocycles. The molecule has 1 aromatic rings. The van der Waals surface area contributed by atoms with Crippen LogP contribution in [0.1, 0.15) is 51.0 Å². The highest BCUT2D eigenvalue weighted by Gasteiger charge is 2.09. The topological polar surface area (TPSA) is 64.4 Å². The second kappa shape index (κ2) is 10.2. The van der Waals surface area contributed by atoms with Gasteiger partial charge in [0.1, 0.15) is 5.75 Å². The Labute approximate surface area is 126 Å². The fourth-order valence-electron chi connectivity index (χ4n) is 2.23. The first-order valence-electron chi connectivity index (χ1n) is 7.70. The number of nitro benzene ring substituents is 1. The number of ether oxygens (including phenoxy) is 1. The Hall–Kier alpha value is -1.62. The van der Waals surface area contributed by atoms with Crippen molar-refractivity contribution in [1.29, 1.82) is 0 Å². The molecular formula is C16H26N2O3. The van der Waals surface area contributed by atoms with Gasteiger partial charge in [-0.3, -0.25) is 10.1 Å². The molecule has 1 rings (SSSR count). The Morgan fingerprint density at radius 2 is 1.86 bits per heavy atom. The number of nitrogens with zero attached hydrogens (tertiary/aromatic N) is 1. The van der Waals surface area contributed by atoms with E-state index >= 15 is 0 Å². The Bertz CT molecular complexity index is 436. The van der Waals surface area contributed by atoms with Crippen LogP contribution in [0.15, 0.2) is 18.2 Å². The first kappa shape index (κ1) is 17.4. The van der Waals surface area contributed by atoms with Crippen molar-refractivity contribution in [2.75, 3.05) is 13.7 Å². The summed E-state index contributed by atoms with van der Waals surface area (Å²) in [6.45, 7) is 3.79. The van der Waals surface area contributed by atoms with Gasteiger partial charge in [0.15, 0.2) is 0 Å². The Balaban J connectivity index is 2.31. The minimum absolute atomic E-state index is 0.0747. The number of nitro groups is 1. The van der Waals surface area contributed by atoms with Crippen LogP contribution >= 0.6 is 0 Å². The minimum atomic E-state index is -0.389. The lowest BCUT2D eigenvalue weighted by molar-refractivity contribution is -0.385. The van der Waals surface area contributed by atoms with E-state index in [9.17, 15) is 10.1 Å². The summed E-state index contributed by atoms with van der Waals surface area (Å²) >= 11 is 0. The van der Waals surface area contributed by atoms with Gasteiger partial charge in [-0.2, -0.15) is 0 Å². The lowest BCUT2D eigenvalue weighted by Gasteiger charge is -2.07. The molecule has 0 spiro atoms. The lowest BCUT2D eigenvalue weighted by atomic mass is 10.1. The van der Waals surface area contributed by atoms with Gasteiger partial charge in [0.05, 0.1) is 18.1 Å². The highest BCUT2D eigenvalue weighted by atomic mass is 16.6. The number of hydrogen-bond acceptors (Lipinski definition) is 4. The highest BCUT2D eigenvalue weighted by Crippen LogP contribution is 2.22. The predicted octanol–water partition coefficient (Wildman–Crippen LogP) is 4.05. The third-order valence-corrected chi connectivity index (χ3v) is 3.43. The highest BCUT2D eigenvalue weighted by molar-refractivity contribution is 5.42. The predicted molar refractivity (Wildman–Crippen MR) is 84.7 cm³/mol. The fourth-order valence-corrected chi connectivity index (χ4v) is 2.23. The normalized spacial score (nSPS) is 10.6. The van der Waals surface area contributed by atoms with Crippen LogP contribution in [0.3, 0.4) is 0 Å². The summed E-state index contributed by atoms with van der Waals surface area (Å²) in [7, 11) is 1.52. The summed E-state index contributed by atoms with van der Waals surface area (Å²) in [5.74, 6) is 0.528. The molecular weight excluding hydrogens is 268 g/mol. The molecule has 0 saturated carbocycles. The molecule has 0 unspecified atom stereocenters. The molecule has 0 aromatic heterocycles. The number of rotatable bonds is 11. The van der Waals surface area contributed by atoms with E-state index in [2.05, 4.69) is 12.2 Å². The lowest BCUT2D eigenvalue weighted by Crippen LogP contribution is -2.14. The van der Waals surface area contributed by atoms with E-state index < -0.39 is 0 Å². The largest absolute Gasteiger partial charge is 0.496 e. The maximum Gasteiger partial charge on any atom is 0.273 e. The average molecular weight is 294 g/mol. The monoisotopic (exact) mass is 294 g/mol. The van der Waals surface area contributed by atoms with E-state index in [1.54, 1.807) is 6.07 Å². The second-order valence-corrected chi connectivity index (χ2v) is 5.24. The zero-order valence-corrected chi connectivity index (χ0v) is 13.1. The van der Waals surface area contributed by atoms with Crippen LogP contribution in [0.4, 0.5) is 5.69 Å². The Morgan fingerprint density at radius 1 is 1.14 bits per heavy atom. The molecule has 1 N–H and O–H groups in total. The maximum atomic E-state index is 10.9. The molecule has 0 amide bonds. The molecule has 118 valence electrons. The minimum Gasteiger partial charge on any atom is -0.496 e. The third kappa shape index (κ3) is 7.09. The van der Waals surface area contributed by atoms with Gasteiger partial charge in [-0.1, -0.05) is 39.0 Å². The molecule has 21 heavy (non-hydrogen) atoms. The molecule has 0 aliphatic carbocycles. The van der Waals surface area contributed by atoms with Gasteiger partial charge in [-0.05, 0) is 24.6 Å². The maximum absolute atomic E-state index is 10.9. The second-order valence-electron chi connectivity index (χ2n) is 5.24. The van der Waals surface area contributed by atoms with E-state index in [1.807, 2.05) is 6.07 Å². The van der Waals surface area contributed by atoms with Crippen LogP contribution < -0.4 is 10.1 Å². The van der Waals surface area contributed by atoms with Crippen LogP contribution in [0.5, 0.6) is 5.75 Å². The van der Waals surface area contributed by atoms with E-state index in [-0.39, 0.29) is 10.6 Å². The average Bonchev–Trinajstić information content (AvgIpc) is 2.49.